The number of hydrogen-bond donors (Lipinski definition) is 0. The SMILES string of the molecule is CC/C=C\C/C=C\C/C=C\C/C=C\C/C=C\CCCC(=O)OCC(COC(=O)CCCCCCC/C=C\CCCCCCCCC)OC(=O)CCCCCC/C=C\C/C=C\C/C=C\C/C=C\CC. The Labute approximate surface area is 418 Å². The minimum Gasteiger partial charge on any atom is -0.462 e. The van der Waals surface area contributed by atoms with Gasteiger partial charge in [0.05, 0.1) is 0 Å². The molecule has 6 heteroatoms. The van der Waals surface area contributed by atoms with Gasteiger partial charge in [0.25, 0.3) is 0 Å². The number of unbranched alkanes of at least 4 members (excludes halogenated alkanes) is 17. The van der Waals surface area contributed by atoms with Gasteiger partial charge in [0.1, 0.15) is 13.2 Å². The van der Waals surface area contributed by atoms with Crippen LogP contribution < -0.4 is 0 Å². The summed E-state index contributed by atoms with van der Waals surface area (Å²) in [6.45, 7) is 6.32. The zero-order chi connectivity index (χ0) is 49.3. The van der Waals surface area contributed by atoms with E-state index in [0.29, 0.717) is 12.8 Å². The van der Waals surface area contributed by atoms with Crippen molar-refractivity contribution in [1.29, 1.82) is 0 Å². The molecule has 1 unspecified atom stereocenters. The summed E-state index contributed by atoms with van der Waals surface area (Å²) in [4.78, 5) is 38.1. The van der Waals surface area contributed by atoms with E-state index in [0.717, 1.165) is 128 Å². The minimum absolute atomic E-state index is 0.113. The summed E-state index contributed by atoms with van der Waals surface area (Å²) in [5.41, 5.74) is 0. The highest BCUT2D eigenvalue weighted by molar-refractivity contribution is 5.71. The monoisotopic (exact) mass is 941 g/mol. The number of esters is 3. The lowest BCUT2D eigenvalue weighted by atomic mass is 10.1. The van der Waals surface area contributed by atoms with Crippen LogP contribution in [0.5, 0.6) is 0 Å². The third-order valence-electron chi connectivity index (χ3n) is 11.2. The van der Waals surface area contributed by atoms with Gasteiger partial charge in [0, 0.05) is 19.3 Å². The summed E-state index contributed by atoms with van der Waals surface area (Å²) >= 11 is 0. The van der Waals surface area contributed by atoms with Crippen molar-refractivity contribution in [3.05, 3.63) is 122 Å². The molecule has 1 atom stereocenters. The largest absolute Gasteiger partial charge is 0.462 e. The number of ether oxygens (including phenoxy) is 3. The first-order valence-corrected chi connectivity index (χ1v) is 27.5. The zero-order valence-corrected chi connectivity index (χ0v) is 43.8. The van der Waals surface area contributed by atoms with Crippen molar-refractivity contribution in [1.82, 2.24) is 0 Å². The van der Waals surface area contributed by atoms with Crippen LogP contribution in [0.4, 0.5) is 0 Å². The molecular formula is C62H100O6. The molecule has 0 aromatic heterocycles. The van der Waals surface area contributed by atoms with E-state index in [-0.39, 0.29) is 44.0 Å². The van der Waals surface area contributed by atoms with Crippen molar-refractivity contribution < 1.29 is 28.6 Å². The molecule has 0 fully saturated rings. The van der Waals surface area contributed by atoms with Gasteiger partial charge in [-0.3, -0.25) is 14.4 Å². The molecule has 0 saturated heterocycles. The maximum absolute atomic E-state index is 12.8. The van der Waals surface area contributed by atoms with Gasteiger partial charge < -0.3 is 14.2 Å². The Morgan fingerprint density at radius 3 is 0.971 bits per heavy atom. The highest BCUT2D eigenvalue weighted by atomic mass is 16.6. The molecule has 0 radical (unpaired) electrons. The van der Waals surface area contributed by atoms with Crippen LogP contribution >= 0.6 is 0 Å². The molecule has 0 aromatic carbocycles. The molecule has 0 saturated carbocycles. The Hall–Kier alpha value is -4.19. The quantitative estimate of drug-likeness (QED) is 0.0262. The highest BCUT2D eigenvalue weighted by Gasteiger charge is 2.19. The topological polar surface area (TPSA) is 78.9 Å². The molecule has 0 aromatic rings. The molecule has 6 nitrogen and oxygen atoms in total. The Morgan fingerprint density at radius 1 is 0.309 bits per heavy atom. The molecule has 0 N–H and O–H groups in total. The maximum Gasteiger partial charge on any atom is 0.306 e. The van der Waals surface area contributed by atoms with E-state index in [9.17, 15) is 14.4 Å². The lowest BCUT2D eigenvalue weighted by Crippen LogP contribution is -2.30. The first-order valence-electron chi connectivity index (χ1n) is 27.5. The van der Waals surface area contributed by atoms with E-state index in [2.05, 4.69) is 142 Å². The van der Waals surface area contributed by atoms with Crippen molar-refractivity contribution in [2.75, 3.05) is 13.2 Å². The van der Waals surface area contributed by atoms with Gasteiger partial charge in [-0.2, -0.15) is 0 Å². The summed E-state index contributed by atoms with van der Waals surface area (Å²) in [6.07, 6.45) is 76.2. The first kappa shape index (κ1) is 63.8. The van der Waals surface area contributed by atoms with E-state index in [1.54, 1.807) is 0 Å². The van der Waals surface area contributed by atoms with Crippen LogP contribution in [0.15, 0.2) is 122 Å². The summed E-state index contributed by atoms with van der Waals surface area (Å²) in [5.74, 6) is -1.01. The summed E-state index contributed by atoms with van der Waals surface area (Å²) in [7, 11) is 0. The molecule has 0 rings (SSSR count). The average Bonchev–Trinajstić information content (AvgIpc) is 3.34. The molecule has 0 heterocycles. The number of allylic oxidation sites excluding steroid dienone is 20. The fourth-order valence-corrected chi connectivity index (χ4v) is 7.11. The predicted molar refractivity (Wildman–Crippen MR) is 293 cm³/mol. The third kappa shape index (κ3) is 52.8. The van der Waals surface area contributed by atoms with Gasteiger partial charge in [-0.05, 0) is 122 Å². The van der Waals surface area contributed by atoms with E-state index in [1.807, 2.05) is 0 Å². The average molecular weight is 941 g/mol. The van der Waals surface area contributed by atoms with Crippen molar-refractivity contribution >= 4 is 17.9 Å². The number of rotatable bonds is 48. The molecular weight excluding hydrogens is 841 g/mol. The number of hydrogen-bond acceptors (Lipinski definition) is 6. The van der Waals surface area contributed by atoms with Crippen molar-refractivity contribution in [2.45, 2.75) is 239 Å². The smallest absolute Gasteiger partial charge is 0.306 e. The molecule has 0 bridgehead atoms. The second-order valence-corrected chi connectivity index (χ2v) is 17.7. The lowest BCUT2D eigenvalue weighted by molar-refractivity contribution is -0.167. The number of carbonyl (C=O) groups excluding carboxylic acids is 3. The summed E-state index contributed by atoms with van der Waals surface area (Å²) < 4.78 is 16.8. The standard InChI is InChI=1S/C62H100O6/c1-4-7-10-13-16-19-22-25-28-31-34-37-40-43-46-49-52-55-61(64)67-58-59(57-66-60(63)54-51-48-45-42-39-36-33-30-27-24-21-18-15-12-9-6-3)68-62(65)56-53-50-47-44-41-38-35-32-29-26-23-20-17-14-11-8-5-2/h7-8,10-11,16-17,19-20,25-26,28-30,33-35,37-38,43,46,59H,4-6,9,12-15,18,21-24,27,31-32,36,39-42,44-45,47-58H2,1-3H3/b10-7-,11-8-,19-16-,20-17-,28-25-,29-26-,33-30-,37-34-,38-35-,46-43-. The molecule has 0 amide bonds. The predicted octanol–water partition coefficient (Wildman–Crippen LogP) is 18.5. The second kappa shape index (κ2) is 55.4. The van der Waals surface area contributed by atoms with E-state index < -0.39 is 6.10 Å². The van der Waals surface area contributed by atoms with Gasteiger partial charge >= 0.3 is 17.9 Å². The molecule has 0 spiro atoms. The second-order valence-electron chi connectivity index (χ2n) is 17.7. The fourth-order valence-electron chi connectivity index (χ4n) is 7.11. The summed E-state index contributed by atoms with van der Waals surface area (Å²) in [5, 5.41) is 0. The van der Waals surface area contributed by atoms with Gasteiger partial charge in [-0.25, -0.2) is 0 Å². The maximum atomic E-state index is 12.8. The Morgan fingerprint density at radius 2 is 0.588 bits per heavy atom. The number of carbonyl (C=O) groups is 3. The third-order valence-corrected chi connectivity index (χ3v) is 11.2. The lowest BCUT2D eigenvalue weighted by Gasteiger charge is -2.18. The molecule has 0 aliphatic rings. The van der Waals surface area contributed by atoms with Crippen LogP contribution in [0.25, 0.3) is 0 Å². The first-order chi connectivity index (χ1) is 33.5. The van der Waals surface area contributed by atoms with E-state index in [4.69, 9.17) is 14.2 Å². The van der Waals surface area contributed by atoms with Crippen LogP contribution in [0.2, 0.25) is 0 Å². The minimum atomic E-state index is -0.821. The van der Waals surface area contributed by atoms with E-state index in [1.165, 1.54) is 57.8 Å². The highest BCUT2D eigenvalue weighted by Crippen LogP contribution is 2.13. The van der Waals surface area contributed by atoms with Gasteiger partial charge in [-0.15, -0.1) is 0 Å². The Kier molecular flexibility index (Phi) is 52.0. The normalized spacial score (nSPS) is 13.0. The molecule has 68 heavy (non-hydrogen) atoms. The van der Waals surface area contributed by atoms with E-state index >= 15 is 0 Å². The van der Waals surface area contributed by atoms with Gasteiger partial charge in [0.15, 0.2) is 6.10 Å². The van der Waals surface area contributed by atoms with Crippen molar-refractivity contribution in [3.8, 4) is 0 Å². The van der Waals surface area contributed by atoms with Crippen molar-refractivity contribution in [2.24, 2.45) is 0 Å². The Balaban J connectivity index is 4.55. The molecule has 0 aliphatic heterocycles. The van der Waals surface area contributed by atoms with Crippen LogP contribution in [0, 0.1) is 0 Å². The van der Waals surface area contributed by atoms with Crippen LogP contribution in [0.3, 0.4) is 0 Å². The zero-order valence-electron chi connectivity index (χ0n) is 43.8. The fraction of sp³-hybridized carbons (Fsp3) is 0.629. The van der Waals surface area contributed by atoms with Gasteiger partial charge in [-0.1, -0.05) is 213 Å². The van der Waals surface area contributed by atoms with Crippen LogP contribution in [-0.2, 0) is 28.6 Å². The van der Waals surface area contributed by atoms with Crippen LogP contribution in [0.1, 0.15) is 233 Å². The van der Waals surface area contributed by atoms with Gasteiger partial charge in [0.2, 0.25) is 0 Å². The molecule has 384 valence electrons. The summed E-state index contributed by atoms with van der Waals surface area (Å²) in [6, 6.07) is 0. The van der Waals surface area contributed by atoms with Crippen molar-refractivity contribution in [3.63, 3.8) is 0 Å². The molecule has 0 aliphatic carbocycles. The Bertz CT molecular complexity index is 1450. The van der Waals surface area contributed by atoms with Crippen LogP contribution in [-0.4, -0.2) is 37.2 Å².